The Kier molecular flexibility index (Phi) is 6.51. The number of anilines is 1. The number of ether oxygens (including phenoxy) is 1. The van der Waals surface area contributed by atoms with Gasteiger partial charge in [-0.3, -0.25) is 19.3 Å². The lowest BCUT2D eigenvalue weighted by atomic mass is 10.2. The first-order chi connectivity index (χ1) is 14.0. The maximum atomic E-state index is 13.4. The molecule has 0 spiro atoms. The number of rotatable bonds is 7. The van der Waals surface area contributed by atoms with Crippen LogP contribution in [0.25, 0.3) is 0 Å². The average Bonchev–Trinajstić information content (AvgIpc) is 3.18. The zero-order chi connectivity index (χ0) is 20.6. The normalized spacial score (nSPS) is 10.4. The summed E-state index contributed by atoms with van der Waals surface area (Å²) in [7, 11) is 1.44. The Morgan fingerprint density at radius 3 is 2.69 bits per heavy atom. The second-order valence-electron chi connectivity index (χ2n) is 6.16. The van der Waals surface area contributed by atoms with Gasteiger partial charge in [-0.15, -0.1) is 0 Å². The average molecular weight is 397 g/mol. The number of aromatic nitrogens is 3. The van der Waals surface area contributed by atoms with Gasteiger partial charge in [-0.2, -0.15) is 5.10 Å². The van der Waals surface area contributed by atoms with Crippen LogP contribution in [-0.2, 0) is 29.1 Å². The van der Waals surface area contributed by atoms with E-state index in [1.807, 2.05) is 12.1 Å². The Balaban J connectivity index is 1.50. The maximum absolute atomic E-state index is 13.4. The number of halogens is 1. The molecule has 0 atom stereocenters. The molecule has 0 aliphatic carbocycles. The molecule has 1 aromatic carbocycles. The second kappa shape index (κ2) is 9.45. The first-order valence-corrected chi connectivity index (χ1v) is 8.89. The molecule has 0 aliphatic heterocycles. The summed E-state index contributed by atoms with van der Waals surface area (Å²) in [5.41, 5.74) is 1.54. The molecular formula is C20H20FN5O3. The van der Waals surface area contributed by atoms with E-state index in [0.29, 0.717) is 17.9 Å². The van der Waals surface area contributed by atoms with Crippen LogP contribution in [0.3, 0.4) is 0 Å². The Labute approximate surface area is 166 Å². The van der Waals surface area contributed by atoms with Gasteiger partial charge in [-0.25, -0.2) is 4.39 Å². The highest BCUT2D eigenvalue weighted by atomic mass is 19.1. The number of benzene rings is 1. The maximum Gasteiger partial charge on any atom is 0.314 e. The number of nitrogens with one attached hydrogen (secondary N) is 2. The summed E-state index contributed by atoms with van der Waals surface area (Å²) >= 11 is 0. The van der Waals surface area contributed by atoms with Crippen LogP contribution in [0.4, 0.5) is 10.2 Å². The lowest BCUT2D eigenvalue weighted by molar-refractivity contribution is -0.136. The van der Waals surface area contributed by atoms with Crippen LogP contribution in [0.15, 0.2) is 55.0 Å². The summed E-state index contributed by atoms with van der Waals surface area (Å²) in [5, 5.41) is 9.10. The van der Waals surface area contributed by atoms with Crippen LogP contribution >= 0.6 is 0 Å². The molecule has 0 saturated carbocycles. The summed E-state index contributed by atoms with van der Waals surface area (Å²) < 4.78 is 20.2. The van der Waals surface area contributed by atoms with Gasteiger partial charge in [0.25, 0.3) is 0 Å². The van der Waals surface area contributed by atoms with Crippen molar-refractivity contribution in [3.8, 4) is 5.75 Å². The van der Waals surface area contributed by atoms with Gasteiger partial charge in [0.15, 0.2) is 5.82 Å². The minimum absolute atomic E-state index is 0.0481. The number of hydrogen-bond donors (Lipinski definition) is 2. The van der Waals surface area contributed by atoms with Gasteiger partial charge in [0, 0.05) is 43.3 Å². The highest BCUT2D eigenvalue weighted by molar-refractivity contribution is 6.39. The molecule has 150 valence electrons. The van der Waals surface area contributed by atoms with Crippen molar-refractivity contribution in [1.82, 2.24) is 20.1 Å². The minimum Gasteiger partial charge on any atom is -0.496 e. The van der Waals surface area contributed by atoms with E-state index in [2.05, 4.69) is 20.7 Å². The first-order valence-electron chi connectivity index (χ1n) is 8.89. The van der Waals surface area contributed by atoms with Crippen molar-refractivity contribution in [1.29, 1.82) is 0 Å². The third-order valence-corrected chi connectivity index (χ3v) is 4.15. The number of amides is 2. The lowest BCUT2D eigenvalue weighted by Gasteiger charge is -2.09. The van der Waals surface area contributed by atoms with Gasteiger partial charge in [0.2, 0.25) is 0 Å². The number of carbonyl (C=O) groups is 2. The number of nitrogens with zero attached hydrogens (tertiary/aromatic N) is 3. The van der Waals surface area contributed by atoms with Gasteiger partial charge >= 0.3 is 11.8 Å². The fraction of sp³-hybridized carbons (Fsp3) is 0.200. The van der Waals surface area contributed by atoms with Crippen molar-refractivity contribution in [2.45, 2.75) is 19.5 Å². The third-order valence-electron chi connectivity index (χ3n) is 4.15. The number of carbonyl (C=O) groups excluding carboxylic acids is 2. The molecule has 9 heteroatoms. The molecule has 2 N–H and O–H groups in total. The molecule has 3 aromatic rings. The second-order valence-corrected chi connectivity index (χ2v) is 6.16. The van der Waals surface area contributed by atoms with E-state index in [1.165, 1.54) is 25.3 Å². The van der Waals surface area contributed by atoms with Crippen molar-refractivity contribution in [3.05, 3.63) is 71.9 Å². The fourth-order valence-electron chi connectivity index (χ4n) is 2.66. The smallest absolute Gasteiger partial charge is 0.314 e. The van der Waals surface area contributed by atoms with E-state index in [9.17, 15) is 14.0 Å². The molecule has 29 heavy (non-hydrogen) atoms. The highest BCUT2D eigenvalue weighted by Crippen LogP contribution is 2.18. The summed E-state index contributed by atoms with van der Waals surface area (Å²) in [4.78, 5) is 28.1. The molecule has 2 heterocycles. The van der Waals surface area contributed by atoms with Crippen LogP contribution in [0, 0.1) is 5.82 Å². The molecule has 0 aliphatic rings. The Hall–Kier alpha value is -3.75. The molecule has 0 radical (unpaired) electrons. The Morgan fingerprint density at radius 1 is 1.14 bits per heavy atom. The van der Waals surface area contributed by atoms with E-state index < -0.39 is 17.6 Å². The van der Waals surface area contributed by atoms with Gasteiger partial charge in [-0.1, -0.05) is 0 Å². The summed E-state index contributed by atoms with van der Waals surface area (Å²) in [5.74, 6) is -1.50. The SMILES string of the molecule is COc1ccc(F)cc1CNC(=O)C(=O)Nc1ccn(CCc2ccncc2)n1. The molecule has 8 nitrogen and oxygen atoms in total. The predicted molar refractivity (Wildman–Crippen MR) is 104 cm³/mol. The zero-order valence-corrected chi connectivity index (χ0v) is 15.8. The molecule has 0 bridgehead atoms. The quantitative estimate of drug-likeness (QED) is 0.594. The van der Waals surface area contributed by atoms with Crippen molar-refractivity contribution >= 4 is 17.6 Å². The molecule has 0 saturated heterocycles. The van der Waals surface area contributed by atoms with Gasteiger partial charge in [0.05, 0.1) is 7.11 Å². The molecule has 0 fully saturated rings. The number of methoxy groups -OCH3 is 1. The Bertz CT molecular complexity index is 991. The van der Waals surface area contributed by atoms with Crippen LogP contribution in [0.2, 0.25) is 0 Å². The first kappa shape index (κ1) is 20.0. The van der Waals surface area contributed by atoms with Crippen molar-refractivity contribution in [2.24, 2.45) is 0 Å². The van der Waals surface area contributed by atoms with Crippen molar-refractivity contribution < 1.29 is 18.7 Å². The lowest BCUT2D eigenvalue weighted by Crippen LogP contribution is -2.35. The molecular weight excluding hydrogens is 377 g/mol. The summed E-state index contributed by atoms with van der Waals surface area (Å²) in [6.45, 7) is 0.568. The van der Waals surface area contributed by atoms with Gasteiger partial charge in [0.1, 0.15) is 11.6 Å². The number of aryl methyl sites for hydroxylation is 2. The Morgan fingerprint density at radius 2 is 1.93 bits per heavy atom. The van der Waals surface area contributed by atoms with E-state index in [-0.39, 0.29) is 12.4 Å². The third kappa shape index (κ3) is 5.61. The van der Waals surface area contributed by atoms with Crippen molar-refractivity contribution in [3.63, 3.8) is 0 Å². The molecule has 2 aromatic heterocycles. The van der Waals surface area contributed by atoms with Gasteiger partial charge in [-0.05, 0) is 42.3 Å². The highest BCUT2D eigenvalue weighted by Gasteiger charge is 2.16. The van der Waals surface area contributed by atoms with Crippen molar-refractivity contribution in [2.75, 3.05) is 12.4 Å². The van der Waals surface area contributed by atoms with Crippen LogP contribution in [0.1, 0.15) is 11.1 Å². The van der Waals surface area contributed by atoms with E-state index in [0.717, 1.165) is 12.0 Å². The fourth-order valence-corrected chi connectivity index (χ4v) is 2.66. The molecule has 3 rings (SSSR count). The standard InChI is InChI=1S/C20H20FN5O3/c1-29-17-3-2-16(21)12-15(17)13-23-19(27)20(28)24-18-7-11-26(25-18)10-6-14-4-8-22-9-5-14/h2-5,7-9,11-12H,6,10,13H2,1H3,(H,23,27)(H,24,25,28). The summed E-state index contributed by atoms with van der Waals surface area (Å²) in [6.07, 6.45) is 5.92. The van der Waals surface area contributed by atoms with E-state index in [1.54, 1.807) is 29.3 Å². The number of hydrogen-bond acceptors (Lipinski definition) is 5. The van der Waals surface area contributed by atoms with E-state index >= 15 is 0 Å². The molecule has 0 unspecified atom stereocenters. The summed E-state index contributed by atoms with van der Waals surface area (Å²) in [6, 6.07) is 9.39. The van der Waals surface area contributed by atoms with Gasteiger partial charge < -0.3 is 15.4 Å². The minimum atomic E-state index is -0.861. The largest absolute Gasteiger partial charge is 0.496 e. The van der Waals surface area contributed by atoms with Crippen LogP contribution in [0.5, 0.6) is 5.75 Å². The number of pyridine rings is 1. The predicted octanol–water partition coefficient (Wildman–Crippen LogP) is 1.92. The topological polar surface area (TPSA) is 98.1 Å². The van der Waals surface area contributed by atoms with Crippen LogP contribution in [-0.4, -0.2) is 33.7 Å². The molecule has 2 amide bonds. The van der Waals surface area contributed by atoms with Crippen LogP contribution < -0.4 is 15.4 Å². The monoisotopic (exact) mass is 397 g/mol. The van der Waals surface area contributed by atoms with E-state index in [4.69, 9.17) is 4.74 Å². The zero-order valence-electron chi connectivity index (χ0n) is 15.8.